The van der Waals surface area contributed by atoms with Gasteiger partial charge in [-0.15, -0.1) is 0 Å². The van der Waals surface area contributed by atoms with E-state index >= 15 is 0 Å². The molecule has 0 amide bonds. The van der Waals surface area contributed by atoms with Gasteiger partial charge in [0, 0.05) is 6.42 Å². The predicted octanol–water partition coefficient (Wildman–Crippen LogP) is 2.84. The molecule has 12 heavy (non-hydrogen) atoms. The number of Topliss-reactive ketones (excluding diaryl/α,β-unsaturated/α-hetero) is 1. The van der Waals surface area contributed by atoms with Crippen molar-refractivity contribution in [2.24, 2.45) is 0 Å². The molecule has 0 aliphatic heterocycles. The van der Waals surface area contributed by atoms with Crippen LogP contribution in [0.25, 0.3) is 0 Å². The van der Waals surface area contributed by atoms with Crippen molar-refractivity contribution in [2.45, 2.75) is 32.1 Å². The van der Waals surface area contributed by atoms with Crippen LogP contribution in [-0.4, -0.2) is 5.78 Å². The summed E-state index contributed by atoms with van der Waals surface area (Å²) in [7, 11) is 0. The zero-order valence-electron chi connectivity index (χ0n) is 7.38. The number of hydrogen-bond acceptors (Lipinski definition) is 1. The molecule has 65 valence electrons. The molecular weight excluding hydrogens is 148 g/mol. The average molecular weight is 163 g/mol. The molecule has 1 aliphatic rings. The second-order valence-electron chi connectivity index (χ2n) is 3.06. The Morgan fingerprint density at radius 3 is 2.92 bits per heavy atom. The van der Waals surface area contributed by atoms with E-state index in [1.54, 1.807) is 0 Å². The van der Waals surface area contributed by atoms with Crippen LogP contribution in [0.15, 0.2) is 23.8 Å². The number of unbranched alkanes of at least 4 members (excludes halogenated alkanes) is 2. The Bertz CT molecular complexity index is 211. The van der Waals surface area contributed by atoms with Gasteiger partial charge in [0.15, 0.2) is 5.78 Å². The Kier molecular flexibility index (Phi) is 3.78. The van der Waals surface area contributed by atoms with Gasteiger partial charge in [-0.2, -0.15) is 0 Å². The van der Waals surface area contributed by atoms with Gasteiger partial charge in [-0.25, -0.2) is 0 Å². The molecule has 1 nitrogen and oxygen atoms in total. The van der Waals surface area contributed by atoms with Crippen LogP contribution >= 0.6 is 0 Å². The van der Waals surface area contributed by atoms with E-state index in [9.17, 15) is 4.79 Å². The third-order valence-corrected chi connectivity index (χ3v) is 2.04. The van der Waals surface area contributed by atoms with Crippen molar-refractivity contribution in [3.05, 3.63) is 30.7 Å². The second-order valence-corrected chi connectivity index (χ2v) is 3.06. The topological polar surface area (TPSA) is 17.1 Å². The first-order valence-corrected chi connectivity index (χ1v) is 4.52. The number of hydrogen-bond donors (Lipinski definition) is 0. The maximum Gasteiger partial charge on any atom is 0.162 e. The first kappa shape index (κ1) is 9.24. The number of allylic oxidation sites excluding steroid dienone is 4. The van der Waals surface area contributed by atoms with E-state index in [1.807, 2.05) is 18.2 Å². The van der Waals surface area contributed by atoms with Crippen LogP contribution in [0.4, 0.5) is 0 Å². The van der Waals surface area contributed by atoms with E-state index in [0.717, 1.165) is 31.3 Å². The Hall–Kier alpha value is -0.850. The molecule has 1 heteroatoms. The molecule has 0 atom stereocenters. The summed E-state index contributed by atoms with van der Waals surface area (Å²) in [5, 5.41) is 0. The number of carbonyl (C=O) groups excluding carboxylic acids is 1. The summed E-state index contributed by atoms with van der Waals surface area (Å²) < 4.78 is 0. The Morgan fingerprint density at radius 2 is 2.25 bits per heavy atom. The summed E-state index contributed by atoms with van der Waals surface area (Å²) >= 11 is 0. The SMILES string of the molecule is [CH2]CCCCC1=CC=CCC1=O. The van der Waals surface area contributed by atoms with Gasteiger partial charge in [0.25, 0.3) is 0 Å². The molecule has 0 aromatic rings. The molecule has 1 aliphatic carbocycles. The summed E-state index contributed by atoms with van der Waals surface area (Å²) in [5.41, 5.74) is 0.992. The predicted molar refractivity (Wildman–Crippen MR) is 50.7 cm³/mol. The minimum atomic E-state index is 0.293. The third-order valence-electron chi connectivity index (χ3n) is 2.04. The fourth-order valence-electron chi connectivity index (χ4n) is 1.30. The van der Waals surface area contributed by atoms with Crippen molar-refractivity contribution in [2.75, 3.05) is 0 Å². The van der Waals surface area contributed by atoms with Crippen LogP contribution in [0.3, 0.4) is 0 Å². The standard InChI is InChI=1S/C11H15O/c1-2-3-4-7-10-8-5-6-9-11(10)12/h5-6,8H,1-4,7,9H2. The van der Waals surface area contributed by atoms with Gasteiger partial charge in [-0.3, -0.25) is 4.79 Å². The van der Waals surface area contributed by atoms with Gasteiger partial charge in [-0.1, -0.05) is 38.0 Å². The van der Waals surface area contributed by atoms with E-state index in [4.69, 9.17) is 0 Å². The molecule has 0 bridgehead atoms. The molecule has 0 N–H and O–H groups in total. The summed E-state index contributed by atoms with van der Waals surface area (Å²) in [6, 6.07) is 0. The van der Waals surface area contributed by atoms with E-state index in [1.165, 1.54) is 0 Å². The molecular formula is C11H15O. The third kappa shape index (κ3) is 2.65. The molecule has 0 heterocycles. The van der Waals surface area contributed by atoms with Crippen LogP contribution in [-0.2, 0) is 4.79 Å². The lowest BCUT2D eigenvalue weighted by molar-refractivity contribution is -0.115. The molecule has 0 spiro atoms. The minimum Gasteiger partial charge on any atom is -0.294 e. The molecule has 0 fully saturated rings. The minimum absolute atomic E-state index is 0.293. The maximum absolute atomic E-state index is 11.3. The van der Waals surface area contributed by atoms with Gasteiger partial charge in [0.1, 0.15) is 0 Å². The fraction of sp³-hybridized carbons (Fsp3) is 0.455. The van der Waals surface area contributed by atoms with E-state index in [-0.39, 0.29) is 0 Å². The fourth-order valence-corrected chi connectivity index (χ4v) is 1.30. The van der Waals surface area contributed by atoms with Crippen molar-refractivity contribution >= 4 is 5.78 Å². The Labute approximate surface area is 74.2 Å². The Morgan fingerprint density at radius 1 is 1.42 bits per heavy atom. The lowest BCUT2D eigenvalue weighted by Crippen LogP contribution is -2.03. The van der Waals surface area contributed by atoms with Gasteiger partial charge >= 0.3 is 0 Å². The van der Waals surface area contributed by atoms with Crippen LogP contribution in [0.5, 0.6) is 0 Å². The molecule has 0 unspecified atom stereocenters. The van der Waals surface area contributed by atoms with Gasteiger partial charge in [0.05, 0.1) is 0 Å². The first-order valence-electron chi connectivity index (χ1n) is 4.52. The average Bonchev–Trinajstić information content (AvgIpc) is 2.09. The van der Waals surface area contributed by atoms with Gasteiger partial charge in [-0.05, 0) is 18.4 Å². The zero-order chi connectivity index (χ0) is 8.81. The Balaban J connectivity index is 2.34. The van der Waals surface area contributed by atoms with Crippen LogP contribution in [0, 0.1) is 6.92 Å². The quantitative estimate of drug-likeness (QED) is 0.582. The van der Waals surface area contributed by atoms with Crippen LogP contribution in [0.2, 0.25) is 0 Å². The summed E-state index contributed by atoms with van der Waals surface area (Å²) in [6.07, 6.45) is 10.5. The normalized spacial score (nSPS) is 16.4. The summed E-state index contributed by atoms with van der Waals surface area (Å²) in [5.74, 6) is 0.293. The zero-order valence-corrected chi connectivity index (χ0v) is 7.38. The van der Waals surface area contributed by atoms with Crippen LogP contribution < -0.4 is 0 Å². The van der Waals surface area contributed by atoms with Crippen molar-refractivity contribution in [1.29, 1.82) is 0 Å². The lowest BCUT2D eigenvalue weighted by atomic mass is 9.98. The lowest BCUT2D eigenvalue weighted by Gasteiger charge is -2.06. The number of rotatable bonds is 4. The highest BCUT2D eigenvalue weighted by atomic mass is 16.1. The molecule has 0 aromatic heterocycles. The summed E-state index contributed by atoms with van der Waals surface area (Å²) in [4.78, 5) is 11.3. The van der Waals surface area contributed by atoms with Crippen molar-refractivity contribution in [3.63, 3.8) is 0 Å². The van der Waals surface area contributed by atoms with Gasteiger partial charge < -0.3 is 0 Å². The summed E-state index contributed by atoms with van der Waals surface area (Å²) in [6.45, 7) is 3.77. The molecule has 0 saturated heterocycles. The van der Waals surface area contributed by atoms with Crippen LogP contribution in [0.1, 0.15) is 32.1 Å². The van der Waals surface area contributed by atoms with E-state index < -0.39 is 0 Å². The van der Waals surface area contributed by atoms with E-state index in [2.05, 4.69) is 6.92 Å². The van der Waals surface area contributed by atoms with Crippen molar-refractivity contribution < 1.29 is 4.79 Å². The highest BCUT2D eigenvalue weighted by Crippen LogP contribution is 2.15. The highest BCUT2D eigenvalue weighted by molar-refractivity contribution is 5.97. The van der Waals surface area contributed by atoms with E-state index in [0.29, 0.717) is 12.2 Å². The largest absolute Gasteiger partial charge is 0.294 e. The molecule has 1 rings (SSSR count). The monoisotopic (exact) mass is 163 g/mol. The second kappa shape index (κ2) is 4.91. The maximum atomic E-state index is 11.3. The number of ketones is 1. The smallest absolute Gasteiger partial charge is 0.162 e. The van der Waals surface area contributed by atoms with Gasteiger partial charge in [0.2, 0.25) is 0 Å². The molecule has 1 radical (unpaired) electrons. The first-order chi connectivity index (χ1) is 5.84. The molecule has 0 saturated carbocycles. The number of carbonyl (C=O) groups is 1. The van der Waals surface area contributed by atoms with Crippen molar-refractivity contribution in [1.82, 2.24) is 0 Å². The van der Waals surface area contributed by atoms with Crippen molar-refractivity contribution in [3.8, 4) is 0 Å². The highest BCUT2D eigenvalue weighted by Gasteiger charge is 2.08. The molecule has 0 aromatic carbocycles.